The largest absolute Gasteiger partial charge is 0.424 e. The Morgan fingerprint density at radius 1 is 1.27 bits per heavy atom. The molecule has 1 fully saturated rings. The van der Waals surface area contributed by atoms with Crippen molar-refractivity contribution in [3.05, 3.63) is 42.2 Å². The number of nitrogens with zero attached hydrogens (tertiary/aromatic N) is 2. The predicted octanol–water partition coefficient (Wildman–Crippen LogP) is 3.72. The van der Waals surface area contributed by atoms with Crippen LogP contribution in [0, 0.1) is 12.8 Å². The Bertz CT molecular complexity index is 706. The molecular formula is C19H25ClN4O2. The van der Waals surface area contributed by atoms with Gasteiger partial charge < -0.3 is 15.4 Å². The van der Waals surface area contributed by atoms with E-state index in [-0.39, 0.29) is 18.3 Å². The van der Waals surface area contributed by atoms with Crippen LogP contribution in [-0.2, 0) is 4.79 Å². The van der Waals surface area contributed by atoms with E-state index in [4.69, 9.17) is 4.74 Å². The average molecular weight is 377 g/mol. The highest BCUT2D eigenvalue weighted by Gasteiger charge is 2.15. The van der Waals surface area contributed by atoms with E-state index in [0.29, 0.717) is 24.1 Å². The Kier molecular flexibility index (Phi) is 7.81. The molecule has 6 nitrogen and oxygen atoms in total. The molecule has 0 aliphatic carbocycles. The molecule has 1 amide bonds. The van der Waals surface area contributed by atoms with E-state index in [1.807, 2.05) is 25.1 Å². The fraction of sp³-hybridized carbons (Fsp3) is 0.421. The van der Waals surface area contributed by atoms with Gasteiger partial charge in [-0.25, -0.2) is 9.97 Å². The van der Waals surface area contributed by atoms with Gasteiger partial charge in [-0.3, -0.25) is 4.79 Å². The second-order valence-electron chi connectivity index (χ2n) is 6.39. The van der Waals surface area contributed by atoms with Crippen molar-refractivity contribution in [3.63, 3.8) is 0 Å². The molecule has 0 spiro atoms. The number of benzene rings is 1. The van der Waals surface area contributed by atoms with Gasteiger partial charge in [-0.05, 0) is 75.0 Å². The van der Waals surface area contributed by atoms with Crippen molar-refractivity contribution in [2.45, 2.75) is 32.6 Å². The first-order valence-electron chi connectivity index (χ1n) is 8.77. The molecular weight excluding hydrogens is 352 g/mol. The number of aromatic nitrogens is 2. The molecule has 1 aliphatic rings. The Balaban J connectivity index is 0.00000243. The Morgan fingerprint density at radius 3 is 2.69 bits per heavy atom. The van der Waals surface area contributed by atoms with Crippen molar-refractivity contribution in [2.24, 2.45) is 5.92 Å². The van der Waals surface area contributed by atoms with E-state index < -0.39 is 0 Å². The lowest BCUT2D eigenvalue weighted by Crippen LogP contribution is -2.28. The molecule has 1 aromatic heterocycles. The maximum absolute atomic E-state index is 12.2. The van der Waals surface area contributed by atoms with Crippen LogP contribution in [0.1, 0.15) is 31.2 Å². The first-order valence-corrected chi connectivity index (χ1v) is 8.77. The summed E-state index contributed by atoms with van der Waals surface area (Å²) >= 11 is 0. The first-order chi connectivity index (χ1) is 12.2. The molecule has 2 heterocycles. The number of amides is 1. The number of hydrogen-bond donors (Lipinski definition) is 2. The molecule has 26 heavy (non-hydrogen) atoms. The number of halogens is 1. The van der Waals surface area contributed by atoms with E-state index in [0.717, 1.165) is 30.8 Å². The fourth-order valence-electron chi connectivity index (χ4n) is 3.00. The molecule has 2 N–H and O–H groups in total. The second-order valence-corrected chi connectivity index (χ2v) is 6.39. The number of aryl methyl sites for hydroxylation is 1. The van der Waals surface area contributed by atoms with Crippen LogP contribution in [0.4, 0.5) is 5.69 Å². The highest BCUT2D eigenvalue weighted by molar-refractivity contribution is 5.91. The van der Waals surface area contributed by atoms with Crippen LogP contribution in [-0.4, -0.2) is 29.0 Å². The summed E-state index contributed by atoms with van der Waals surface area (Å²) < 4.78 is 5.61. The van der Waals surface area contributed by atoms with Crippen LogP contribution in [0.2, 0.25) is 0 Å². The molecule has 0 atom stereocenters. The quantitative estimate of drug-likeness (QED) is 0.803. The number of anilines is 1. The molecule has 1 aliphatic heterocycles. The standard InChI is InChI=1S/C19H24N4O2.ClH/c1-14-13-16(25-19-21-9-2-10-22-19)4-5-17(14)23-18(24)6-3-15-7-11-20-12-8-15;/h2,4-5,9-10,13,15,20H,3,6-8,11-12H2,1H3,(H,23,24);1H. The minimum atomic E-state index is 0. The number of carbonyl (C=O) groups is 1. The van der Waals surface area contributed by atoms with Crippen LogP contribution in [0.3, 0.4) is 0 Å². The summed E-state index contributed by atoms with van der Waals surface area (Å²) in [5.74, 6) is 1.38. The number of ether oxygens (including phenoxy) is 1. The summed E-state index contributed by atoms with van der Waals surface area (Å²) in [5, 5.41) is 6.35. The summed E-state index contributed by atoms with van der Waals surface area (Å²) in [6.45, 7) is 4.08. The summed E-state index contributed by atoms with van der Waals surface area (Å²) in [4.78, 5) is 20.3. The van der Waals surface area contributed by atoms with Gasteiger partial charge in [0.05, 0.1) is 0 Å². The van der Waals surface area contributed by atoms with E-state index in [9.17, 15) is 4.79 Å². The molecule has 0 radical (unpaired) electrons. The average Bonchev–Trinajstić information content (AvgIpc) is 2.64. The van der Waals surface area contributed by atoms with Crippen LogP contribution in [0.25, 0.3) is 0 Å². The summed E-state index contributed by atoms with van der Waals surface area (Å²) in [6, 6.07) is 7.59. The van der Waals surface area contributed by atoms with Crippen LogP contribution in [0.15, 0.2) is 36.7 Å². The Morgan fingerprint density at radius 2 is 2.00 bits per heavy atom. The van der Waals surface area contributed by atoms with Crippen molar-refractivity contribution in [1.82, 2.24) is 15.3 Å². The third-order valence-electron chi connectivity index (χ3n) is 4.46. The first kappa shape index (κ1) is 20.1. The second kappa shape index (κ2) is 10.1. The molecule has 0 bridgehead atoms. The van der Waals surface area contributed by atoms with Crippen LogP contribution < -0.4 is 15.4 Å². The van der Waals surface area contributed by atoms with E-state index in [1.165, 1.54) is 12.8 Å². The maximum Gasteiger partial charge on any atom is 0.321 e. The van der Waals surface area contributed by atoms with Crippen molar-refractivity contribution < 1.29 is 9.53 Å². The van der Waals surface area contributed by atoms with Gasteiger partial charge in [-0.15, -0.1) is 12.4 Å². The topological polar surface area (TPSA) is 76.1 Å². The van der Waals surface area contributed by atoms with Gasteiger partial charge in [0, 0.05) is 24.5 Å². The lowest BCUT2D eigenvalue weighted by Gasteiger charge is -2.22. The highest BCUT2D eigenvalue weighted by Crippen LogP contribution is 2.25. The van der Waals surface area contributed by atoms with Crippen molar-refractivity contribution in [3.8, 4) is 11.8 Å². The minimum absolute atomic E-state index is 0. The molecule has 3 rings (SSSR count). The zero-order valence-corrected chi connectivity index (χ0v) is 15.7. The van der Waals surface area contributed by atoms with Crippen molar-refractivity contribution in [1.29, 1.82) is 0 Å². The Hall–Kier alpha value is -2.18. The van der Waals surface area contributed by atoms with Gasteiger partial charge >= 0.3 is 6.01 Å². The fourth-order valence-corrected chi connectivity index (χ4v) is 3.00. The van der Waals surface area contributed by atoms with Crippen LogP contribution >= 0.6 is 12.4 Å². The summed E-state index contributed by atoms with van der Waals surface area (Å²) in [6.07, 6.45) is 7.12. The molecule has 7 heteroatoms. The highest BCUT2D eigenvalue weighted by atomic mass is 35.5. The summed E-state index contributed by atoms with van der Waals surface area (Å²) in [5.41, 5.74) is 1.76. The number of carbonyl (C=O) groups excluding carboxylic acids is 1. The van der Waals surface area contributed by atoms with E-state index in [2.05, 4.69) is 20.6 Å². The van der Waals surface area contributed by atoms with Gasteiger partial charge in [-0.1, -0.05) is 0 Å². The third-order valence-corrected chi connectivity index (χ3v) is 4.46. The third kappa shape index (κ3) is 5.97. The van der Waals surface area contributed by atoms with Crippen molar-refractivity contribution >= 4 is 24.0 Å². The van der Waals surface area contributed by atoms with Gasteiger partial charge in [0.2, 0.25) is 5.91 Å². The monoisotopic (exact) mass is 376 g/mol. The number of nitrogens with one attached hydrogen (secondary N) is 2. The van der Waals surface area contributed by atoms with Gasteiger partial charge in [0.15, 0.2) is 0 Å². The number of hydrogen-bond acceptors (Lipinski definition) is 5. The van der Waals surface area contributed by atoms with Crippen molar-refractivity contribution in [2.75, 3.05) is 18.4 Å². The minimum Gasteiger partial charge on any atom is -0.424 e. The molecule has 2 aromatic rings. The summed E-state index contributed by atoms with van der Waals surface area (Å²) in [7, 11) is 0. The molecule has 0 unspecified atom stereocenters. The lowest BCUT2D eigenvalue weighted by molar-refractivity contribution is -0.116. The molecule has 1 saturated heterocycles. The van der Waals surface area contributed by atoms with E-state index in [1.54, 1.807) is 18.5 Å². The zero-order valence-electron chi connectivity index (χ0n) is 14.9. The Labute approximate surface area is 160 Å². The lowest BCUT2D eigenvalue weighted by atomic mass is 9.93. The number of rotatable bonds is 6. The predicted molar refractivity (Wildman–Crippen MR) is 104 cm³/mol. The SMILES string of the molecule is Cc1cc(Oc2ncccn2)ccc1NC(=O)CCC1CCNCC1.Cl. The van der Waals surface area contributed by atoms with E-state index >= 15 is 0 Å². The molecule has 0 saturated carbocycles. The molecule has 1 aromatic carbocycles. The number of piperidine rings is 1. The van der Waals surface area contributed by atoms with Crippen LogP contribution in [0.5, 0.6) is 11.8 Å². The van der Waals surface area contributed by atoms with Gasteiger partial charge in [-0.2, -0.15) is 0 Å². The zero-order chi connectivity index (χ0) is 17.5. The van der Waals surface area contributed by atoms with Gasteiger partial charge in [0.1, 0.15) is 5.75 Å². The van der Waals surface area contributed by atoms with Gasteiger partial charge in [0.25, 0.3) is 0 Å². The normalized spacial score (nSPS) is 14.3. The maximum atomic E-state index is 12.2. The molecule has 140 valence electrons. The smallest absolute Gasteiger partial charge is 0.321 e.